The van der Waals surface area contributed by atoms with Crippen molar-refractivity contribution in [3.8, 4) is 0 Å². The lowest BCUT2D eigenvalue weighted by molar-refractivity contribution is 0.0641. The zero-order valence-corrected chi connectivity index (χ0v) is 14.6. The average molecular weight is 342 g/mol. The van der Waals surface area contributed by atoms with E-state index in [1.807, 2.05) is 55.5 Å². The maximum Gasteiger partial charge on any atom is 0.195 e. The molecular formula is C19H22N2O2S. The Labute approximate surface area is 143 Å². The number of nitrogens with one attached hydrogen (secondary N) is 2. The highest BCUT2D eigenvalue weighted by atomic mass is 32.2. The van der Waals surface area contributed by atoms with Gasteiger partial charge in [-0.3, -0.25) is 5.32 Å². The largest absolute Gasteiger partial charge is 0.315 e. The van der Waals surface area contributed by atoms with Gasteiger partial charge in [-0.1, -0.05) is 48.5 Å². The molecule has 5 heteroatoms. The van der Waals surface area contributed by atoms with E-state index >= 15 is 0 Å². The van der Waals surface area contributed by atoms with E-state index in [1.54, 1.807) is 0 Å². The lowest BCUT2D eigenvalue weighted by Crippen LogP contribution is -2.77. The minimum Gasteiger partial charge on any atom is -0.315 e. The summed E-state index contributed by atoms with van der Waals surface area (Å²) in [7, 11) is -3.40. The fourth-order valence-electron chi connectivity index (χ4n) is 3.86. The molecule has 2 fully saturated rings. The van der Waals surface area contributed by atoms with Gasteiger partial charge in [-0.15, -0.1) is 0 Å². The summed E-state index contributed by atoms with van der Waals surface area (Å²) in [6.45, 7) is 4.24. The fourth-order valence-corrected chi connectivity index (χ4v) is 6.33. The van der Waals surface area contributed by atoms with Gasteiger partial charge in [-0.2, -0.15) is 0 Å². The van der Waals surface area contributed by atoms with Crippen molar-refractivity contribution < 1.29 is 8.42 Å². The molecule has 2 aliphatic heterocycles. The van der Waals surface area contributed by atoms with E-state index in [9.17, 15) is 8.42 Å². The van der Waals surface area contributed by atoms with Gasteiger partial charge < -0.3 is 5.32 Å². The van der Waals surface area contributed by atoms with Crippen LogP contribution in [0.1, 0.15) is 16.7 Å². The molecule has 1 unspecified atom stereocenters. The molecule has 0 saturated carbocycles. The van der Waals surface area contributed by atoms with Gasteiger partial charge >= 0.3 is 0 Å². The number of rotatable bonds is 4. The van der Waals surface area contributed by atoms with Crippen LogP contribution in [0.15, 0.2) is 53.4 Å². The molecule has 2 aromatic rings. The van der Waals surface area contributed by atoms with Gasteiger partial charge in [0.2, 0.25) is 0 Å². The second-order valence-electron chi connectivity index (χ2n) is 7.00. The topological polar surface area (TPSA) is 58.2 Å². The predicted molar refractivity (Wildman–Crippen MR) is 94.7 cm³/mol. The summed E-state index contributed by atoms with van der Waals surface area (Å²) in [6.07, 6.45) is 0.634. The lowest BCUT2D eigenvalue weighted by atomic mass is 9.76. The molecule has 2 heterocycles. The Morgan fingerprint density at radius 1 is 1.04 bits per heavy atom. The van der Waals surface area contributed by atoms with Crippen molar-refractivity contribution >= 4 is 9.84 Å². The maximum absolute atomic E-state index is 13.4. The molecular weight excluding hydrogens is 320 g/mol. The van der Waals surface area contributed by atoms with Crippen LogP contribution in [-0.2, 0) is 16.3 Å². The van der Waals surface area contributed by atoms with E-state index in [0.29, 0.717) is 11.3 Å². The molecule has 0 radical (unpaired) electrons. The van der Waals surface area contributed by atoms with Crippen LogP contribution in [0.25, 0.3) is 0 Å². The van der Waals surface area contributed by atoms with E-state index in [4.69, 9.17) is 0 Å². The second kappa shape index (κ2) is 5.69. The Balaban J connectivity index is 1.74. The van der Waals surface area contributed by atoms with E-state index in [-0.39, 0.29) is 5.41 Å². The van der Waals surface area contributed by atoms with Crippen LogP contribution in [0.5, 0.6) is 0 Å². The lowest BCUT2D eigenvalue weighted by Gasteiger charge is -2.55. The number of hydrogen-bond donors (Lipinski definition) is 2. The standard InChI is InChI=1S/C19H22N2O2S/c1-14-6-5-9-16(10-15-7-3-2-4-8-15)17(14)24(22,23)18-19(13-21-18)11-20-12-19/h2-9,18,20-21H,10-13H2,1H3. The highest BCUT2D eigenvalue weighted by Gasteiger charge is 2.57. The normalized spacial score (nSPS) is 22.0. The monoisotopic (exact) mass is 342 g/mol. The predicted octanol–water partition coefficient (Wildman–Crippen LogP) is 1.88. The van der Waals surface area contributed by atoms with E-state index in [0.717, 1.165) is 36.3 Å². The molecule has 4 nitrogen and oxygen atoms in total. The molecule has 2 aromatic carbocycles. The molecule has 0 bridgehead atoms. The summed E-state index contributed by atoms with van der Waals surface area (Å²) < 4.78 is 26.7. The van der Waals surface area contributed by atoms with Crippen molar-refractivity contribution in [2.75, 3.05) is 19.6 Å². The summed E-state index contributed by atoms with van der Waals surface area (Å²) in [5.74, 6) is 0. The van der Waals surface area contributed by atoms with Crippen molar-refractivity contribution in [3.63, 3.8) is 0 Å². The fraction of sp³-hybridized carbons (Fsp3) is 0.368. The van der Waals surface area contributed by atoms with Gasteiger partial charge in [-0.05, 0) is 30.0 Å². The molecule has 2 saturated heterocycles. The van der Waals surface area contributed by atoms with Crippen LogP contribution in [0.4, 0.5) is 0 Å². The van der Waals surface area contributed by atoms with Gasteiger partial charge in [0, 0.05) is 25.0 Å². The van der Waals surface area contributed by atoms with Crippen molar-refractivity contribution in [1.82, 2.24) is 10.6 Å². The number of benzene rings is 2. The van der Waals surface area contributed by atoms with Gasteiger partial charge in [0.05, 0.1) is 4.90 Å². The minimum absolute atomic E-state index is 0.120. The van der Waals surface area contributed by atoms with Crippen molar-refractivity contribution in [2.24, 2.45) is 5.41 Å². The molecule has 1 spiro atoms. The first-order valence-corrected chi connectivity index (χ1v) is 9.88. The van der Waals surface area contributed by atoms with Crippen LogP contribution in [0.2, 0.25) is 0 Å². The summed E-state index contributed by atoms with van der Waals surface area (Å²) >= 11 is 0. The first kappa shape index (κ1) is 15.8. The van der Waals surface area contributed by atoms with Crippen LogP contribution in [0, 0.1) is 12.3 Å². The summed E-state index contributed by atoms with van der Waals surface area (Å²) in [6, 6.07) is 15.8. The third kappa shape index (κ3) is 2.39. The Kier molecular flexibility index (Phi) is 3.75. The van der Waals surface area contributed by atoms with Crippen molar-refractivity contribution in [3.05, 3.63) is 65.2 Å². The average Bonchev–Trinajstić information content (AvgIpc) is 2.45. The Bertz CT molecular complexity index is 853. The Morgan fingerprint density at radius 2 is 1.79 bits per heavy atom. The molecule has 24 heavy (non-hydrogen) atoms. The molecule has 0 aromatic heterocycles. The first-order valence-electron chi connectivity index (χ1n) is 8.33. The van der Waals surface area contributed by atoms with E-state index < -0.39 is 15.2 Å². The number of aryl methyl sites for hydroxylation is 1. The Morgan fingerprint density at radius 3 is 2.38 bits per heavy atom. The van der Waals surface area contributed by atoms with Crippen molar-refractivity contribution in [1.29, 1.82) is 0 Å². The molecule has 1 atom stereocenters. The van der Waals surface area contributed by atoms with Gasteiger partial charge in [0.25, 0.3) is 0 Å². The summed E-state index contributed by atoms with van der Waals surface area (Å²) in [5.41, 5.74) is 2.73. The van der Waals surface area contributed by atoms with E-state index in [1.165, 1.54) is 0 Å². The third-order valence-corrected chi connectivity index (χ3v) is 7.72. The molecule has 2 N–H and O–H groups in total. The van der Waals surface area contributed by atoms with Gasteiger partial charge in [0.15, 0.2) is 9.84 Å². The van der Waals surface area contributed by atoms with Crippen LogP contribution >= 0.6 is 0 Å². The minimum atomic E-state index is -3.40. The maximum atomic E-state index is 13.4. The second-order valence-corrected chi connectivity index (χ2v) is 8.97. The molecule has 126 valence electrons. The zero-order valence-electron chi connectivity index (χ0n) is 13.7. The SMILES string of the molecule is Cc1cccc(Cc2ccccc2)c1S(=O)(=O)C1NCC12CNC2. The Hall–Kier alpha value is -1.69. The van der Waals surface area contributed by atoms with Gasteiger partial charge in [0.1, 0.15) is 5.37 Å². The number of sulfone groups is 1. The van der Waals surface area contributed by atoms with E-state index in [2.05, 4.69) is 10.6 Å². The molecule has 4 rings (SSSR count). The zero-order chi connectivity index (χ0) is 16.8. The highest BCUT2D eigenvalue weighted by molar-refractivity contribution is 7.92. The molecule has 2 aliphatic rings. The van der Waals surface area contributed by atoms with Crippen LogP contribution in [-0.4, -0.2) is 33.4 Å². The van der Waals surface area contributed by atoms with Gasteiger partial charge in [-0.25, -0.2) is 8.42 Å². The first-order chi connectivity index (χ1) is 11.5. The summed E-state index contributed by atoms with van der Waals surface area (Å²) in [4.78, 5) is 0.511. The van der Waals surface area contributed by atoms with Crippen LogP contribution in [0.3, 0.4) is 0 Å². The third-order valence-electron chi connectivity index (χ3n) is 5.28. The quantitative estimate of drug-likeness (QED) is 0.891. The molecule has 0 amide bonds. The summed E-state index contributed by atoms with van der Waals surface area (Å²) in [5, 5.41) is 5.92. The highest BCUT2D eigenvalue weighted by Crippen LogP contribution is 2.40. The smallest absolute Gasteiger partial charge is 0.195 e. The van der Waals surface area contributed by atoms with Crippen LogP contribution < -0.4 is 10.6 Å². The molecule has 0 aliphatic carbocycles. The number of hydrogen-bond acceptors (Lipinski definition) is 4. The van der Waals surface area contributed by atoms with Crippen molar-refractivity contribution in [2.45, 2.75) is 23.6 Å².